The second-order valence-electron chi connectivity index (χ2n) is 7.59. The first-order valence-corrected chi connectivity index (χ1v) is 9.33. The third-order valence-electron chi connectivity index (χ3n) is 3.96. The average Bonchev–Trinajstić information content (AvgIpc) is 2.63. The van der Waals surface area contributed by atoms with Crippen molar-refractivity contribution in [1.29, 1.82) is 0 Å². The molecule has 0 spiro atoms. The maximum absolute atomic E-state index is 13.0. The van der Waals surface area contributed by atoms with Gasteiger partial charge in [0.15, 0.2) is 18.1 Å². The van der Waals surface area contributed by atoms with E-state index in [1.54, 1.807) is 25.3 Å². The Kier molecular flexibility index (Phi) is 7.81. The fourth-order valence-electron chi connectivity index (χ4n) is 2.72. The van der Waals surface area contributed by atoms with Crippen molar-refractivity contribution in [2.45, 2.75) is 39.3 Å². The number of methoxy groups -OCH3 is 1. The summed E-state index contributed by atoms with van der Waals surface area (Å²) < 4.78 is 24.1. The molecule has 5 nitrogen and oxygen atoms in total. The summed E-state index contributed by atoms with van der Waals surface area (Å²) in [4.78, 5) is 12.1. The molecule has 2 rings (SSSR count). The van der Waals surface area contributed by atoms with E-state index in [4.69, 9.17) is 9.47 Å². The summed E-state index contributed by atoms with van der Waals surface area (Å²) in [6.07, 6.45) is 0.786. The summed E-state index contributed by atoms with van der Waals surface area (Å²) in [5, 5.41) is 6.23. The minimum absolute atomic E-state index is 0.0831. The van der Waals surface area contributed by atoms with Gasteiger partial charge in [0.1, 0.15) is 5.82 Å². The van der Waals surface area contributed by atoms with Crippen LogP contribution in [0.2, 0.25) is 0 Å². The fraction of sp³-hybridized carbons (Fsp3) is 0.409. The van der Waals surface area contributed by atoms with Crippen LogP contribution in [0.1, 0.15) is 31.9 Å². The van der Waals surface area contributed by atoms with Crippen LogP contribution in [0, 0.1) is 5.82 Å². The first-order valence-electron chi connectivity index (χ1n) is 9.33. The lowest BCUT2D eigenvalue weighted by Crippen LogP contribution is -2.43. The molecule has 0 saturated carbocycles. The van der Waals surface area contributed by atoms with Crippen LogP contribution in [0.25, 0.3) is 0 Å². The monoisotopic (exact) mass is 388 g/mol. The smallest absolute Gasteiger partial charge is 0.258 e. The van der Waals surface area contributed by atoms with E-state index in [0.29, 0.717) is 18.0 Å². The number of hydrogen-bond donors (Lipinski definition) is 2. The third-order valence-corrected chi connectivity index (χ3v) is 3.96. The Morgan fingerprint density at radius 3 is 2.46 bits per heavy atom. The Morgan fingerprint density at radius 1 is 1.11 bits per heavy atom. The van der Waals surface area contributed by atoms with Gasteiger partial charge in [-0.2, -0.15) is 0 Å². The highest BCUT2D eigenvalue weighted by Crippen LogP contribution is 2.31. The Morgan fingerprint density at radius 2 is 1.82 bits per heavy atom. The van der Waals surface area contributed by atoms with Crippen molar-refractivity contribution in [2.24, 2.45) is 0 Å². The predicted octanol–water partition coefficient (Wildman–Crippen LogP) is 3.46. The summed E-state index contributed by atoms with van der Waals surface area (Å²) in [7, 11) is 1.57. The lowest BCUT2D eigenvalue weighted by atomic mass is 10.1. The molecule has 0 fully saturated rings. The van der Waals surface area contributed by atoms with E-state index in [0.717, 1.165) is 24.1 Å². The number of rotatable bonds is 9. The van der Waals surface area contributed by atoms with Crippen molar-refractivity contribution in [3.63, 3.8) is 0 Å². The largest absolute Gasteiger partial charge is 0.493 e. The van der Waals surface area contributed by atoms with Crippen LogP contribution in [-0.2, 0) is 17.8 Å². The van der Waals surface area contributed by atoms with E-state index in [1.165, 1.54) is 12.1 Å². The lowest BCUT2D eigenvalue weighted by molar-refractivity contribution is -0.124. The third kappa shape index (κ3) is 7.19. The van der Waals surface area contributed by atoms with E-state index in [9.17, 15) is 9.18 Å². The average molecular weight is 388 g/mol. The molecular formula is C22H29FN2O3. The minimum atomic E-state index is -0.314. The van der Waals surface area contributed by atoms with Gasteiger partial charge in [-0.05, 0) is 57.5 Å². The van der Waals surface area contributed by atoms with Crippen molar-refractivity contribution in [1.82, 2.24) is 10.6 Å². The Labute approximate surface area is 166 Å². The van der Waals surface area contributed by atoms with Crippen LogP contribution in [0.3, 0.4) is 0 Å². The van der Waals surface area contributed by atoms with Gasteiger partial charge in [-0.1, -0.05) is 24.3 Å². The number of amides is 1. The van der Waals surface area contributed by atoms with E-state index < -0.39 is 0 Å². The molecule has 0 aromatic heterocycles. The highest BCUT2D eigenvalue weighted by Gasteiger charge is 2.16. The van der Waals surface area contributed by atoms with Gasteiger partial charge in [0, 0.05) is 17.6 Å². The highest BCUT2D eigenvalue weighted by atomic mass is 19.1. The number of carbonyl (C=O) groups excluding carboxylic acids is 1. The van der Waals surface area contributed by atoms with Crippen LogP contribution in [0.5, 0.6) is 11.5 Å². The number of benzene rings is 2. The van der Waals surface area contributed by atoms with Crippen LogP contribution in [-0.4, -0.2) is 31.7 Å². The van der Waals surface area contributed by atoms with Gasteiger partial charge in [0.25, 0.3) is 5.91 Å². The normalized spacial score (nSPS) is 11.2. The first kappa shape index (κ1) is 21.7. The highest BCUT2D eigenvalue weighted by molar-refractivity contribution is 5.78. The molecule has 6 heteroatoms. The number of para-hydroxylation sites is 1. The van der Waals surface area contributed by atoms with E-state index in [-0.39, 0.29) is 23.9 Å². The molecule has 0 aliphatic heterocycles. The van der Waals surface area contributed by atoms with Crippen LogP contribution in [0.15, 0.2) is 42.5 Å². The zero-order valence-corrected chi connectivity index (χ0v) is 17.0. The maximum atomic E-state index is 13.0. The van der Waals surface area contributed by atoms with Gasteiger partial charge in [-0.15, -0.1) is 0 Å². The molecule has 0 saturated heterocycles. The molecule has 0 bridgehead atoms. The standard InChI is InChI=1S/C22H29FN2O3/c1-22(2,3)25-20(26)15-28-21-17(6-5-7-19(21)27-4)14-24-13-12-16-8-10-18(23)11-9-16/h5-11,24H,12-15H2,1-4H3,(H,25,26). The second kappa shape index (κ2) is 10.1. The van der Waals surface area contributed by atoms with Gasteiger partial charge in [0.2, 0.25) is 0 Å². The molecule has 0 radical (unpaired) electrons. The summed E-state index contributed by atoms with van der Waals surface area (Å²) in [6, 6.07) is 12.1. The van der Waals surface area contributed by atoms with Gasteiger partial charge in [-0.25, -0.2) is 4.39 Å². The van der Waals surface area contributed by atoms with E-state index in [2.05, 4.69) is 10.6 Å². The summed E-state index contributed by atoms with van der Waals surface area (Å²) in [5.74, 6) is 0.726. The molecule has 152 valence electrons. The minimum Gasteiger partial charge on any atom is -0.493 e. The zero-order chi connectivity index (χ0) is 20.6. The molecule has 28 heavy (non-hydrogen) atoms. The second-order valence-corrected chi connectivity index (χ2v) is 7.59. The van der Waals surface area contributed by atoms with Crippen molar-refractivity contribution in [3.8, 4) is 11.5 Å². The van der Waals surface area contributed by atoms with Crippen molar-refractivity contribution < 1.29 is 18.7 Å². The van der Waals surface area contributed by atoms with Crippen LogP contribution in [0.4, 0.5) is 4.39 Å². The summed E-state index contributed by atoms with van der Waals surface area (Å²) >= 11 is 0. The molecular weight excluding hydrogens is 359 g/mol. The zero-order valence-electron chi connectivity index (χ0n) is 17.0. The molecule has 0 heterocycles. The fourth-order valence-corrected chi connectivity index (χ4v) is 2.72. The van der Waals surface area contributed by atoms with Crippen molar-refractivity contribution >= 4 is 5.91 Å². The van der Waals surface area contributed by atoms with Crippen LogP contribution < -0.4 is 20.1 Å². The SMILES string of the molecule is COc1cccc(CNCCc2ccc(F)cc2)c1OCC(=O)NC(C)(C)C. The van der Waals surface area contributed by atoms with Gasteiger partial charge < -0.3 is 20.1 Å². The molecule has 2 aromatic rings. The quantitative estimate of drug-likeness (QED) is 0.646. The van der Waals surface area contributed by atoms with Gasteiger partial charge >= 0.3 is 0 Å². The Hall–Kier alpha value is -2.60. The Balaban J connectivity index is 1.93. The number of hydrogen-bond acceptors (Lipinski definition) is 4. The van der Waals surface area contributed by atoms with E-state index >= 15 is 0 Å². The maximum Gasteiger partial charge on any atom is 0.258 e. The van der Waals surface area contributed by atoms with Gasteiger partial charge in [0.05, 0.1) is 7.11 Å². The summed E-state index contributed by atoms with van der Waals surface area (Å²) in [6.45, 7) is 6.97. The Bertz CT molecular complexity index is 770. The number of halogens is 1. The molecule has 0 atom stereocenters. The van der Waals surface area contributed by atoms with Crippen molar-refractivity contribution in [3.05, 3.63) is 59.4 Å². The van der Waals surface area contributed by atoms with Crippen LogP contribution >= 0.6 is 0 Å². The molecule has 0 unspecified atom stereocenters. The van der Waals surface area contributed by atoms with E-state index in [1.807, 2.05) is 32.9 Å². The number of nitrogens with one attached hydrogen (secondary N) is 2. The summed E-state index contributed by atoms with van der Waals surface area (Å²) in [5.41, 5.74) is 1.66. The predicted molar refractivity (Wildman–Crippen MR) is 108 cm³/mol. The number of ether oxygens (including phenoxy) is 2. The molecule has 2 aromatic carbocycles. The lowest BCUT2D eigenvalue weighted by Gasteiger charge is -2.21. The van der Waals surface area contributed by atoms with Gasteiger partial charge in [-0.3, -0.25) is 4.79 Å². The number of carbonyl (C=O) groups is 1. The topological polar surface area (TPSA) is 59.6 Å². The molecule has 1 amide bonds. The molecule has 2 N–H and O–H groups in total. The molecule has 0 aliphatic carbocycles. The van der Waals surface area contributed by atoms with Crippen molar-refractivity contribution in [2.75, 3.05) is 20.3 Å². The molecule has 0 aliphatic rings. The first-order chi connectivity index (χ1) is 13.3.